The molecule has 16 heavy (non-hydrogen) atoms. The van der Waals surface area contributed by atoms with Crippen LogP contribution in [0.15, 0.2) is 48.5 Å². The molecule has 0 bridgehead atoms. The van der Waals surface area contributed by atoms with E-state index in [4.69, 9.17) is 9.95 Å². The Morgan fingerprint density at radius 3 is 1.31 bits per heavy atom. The molecule has 0 unspecified atom stereocenters. The zero-order valence-electron chi connectivity index (χ0n) is 9.44. The van der Waals surface area contributed by atoms with E-state index in [1.165, 1.54) is 19.8 Å². The Bertz CT molecular complexity index is 414. The molecule has 0 radical (unpaired) electrons. The van der Waals surface area contributed by atoms with Gasteiger partial charge in [0.1, 0.15) is 0 Å². The molecule has 82 valence electrons. The van der Waals surface area contributed by atoms with Crippen LogP contribution in [0, 0.1) is 13.8 Å². The van der Waals surface area contributed by atoms with E-state index in [0.717, 1.165) is 0 Å². The van der Waals surface area contributed by atoms with Gasteiger partial charge in [-0.2, -0.15) is 0 Å². The molecular weight excluding hydrogens is 279 g/mol. The molecule has 0 fully saturated rings. The summed E-state index contributed by atoms with van der Waals surface area (Å²) in [5.74, 6) is 0. The average Bonchev–Trinajstić information content (AvgIpc) is 2.30. The van der Waals surface area contributed by atoms with Gasteiger partial charge >= 0.3 is 106 Å². The molecule has 0 aliphatic heterocycles. The van der Waals surface area contributed by atoms with Gasteiger partial charge in [0.05, 0.1) is 0 Å². The average molecular weight is 293 g/mol. The van der Waals surface area contributed by atoms with E-state index in [1.807, 2.05) is 0 Å². The van der Waals surface area contributed by atoms with Gasteiger partial charge in [-0.25, -0.2) is 0 Å². The zero-order valence-corrected chi connectivity index (χ0v) is 12.1. The fourth-order valence-corrected chi connectivity index (χ4v) is 5.02. The zero-order chi connectivity index (χ0) is 11.5. The van der Waals surface area contributed by atoms with E-state index in [1.54, 1.807) is 0 Å². The summed E-state index contributed by atoms with van der Waals surface area (Å²) in [5.41, 5.74) is 2.57. The van der Waals surface area contributed by atoms with Crippen LogP contribution < -0.4 is 8.70 Å². The van der Waals surface area contributed by atoms with Crippen LogP contribution >= 0.6 is 9.95 Å². The number of hydrogen-bond donors (Lipinski definition) is 0. The molecule has 0 spiro atoms. The number of halogens is 1. The Morgan fingerprint density at radius 2 is 1.00 bits per heavy atom. The summed E-state index contributed by atoms with van der Waals surface area (Å²) in [4.78, 5) is 0. The second-order valence-electron chi connectivity index (χ2n) is 3.95. The molecular formula is C14H14AsCl. The maximum absolute atomic E-state index is 6.58. The quantitative estimate of drug-likeness (QED) is 0.747. The van der Waals surface area contributed by atoms with E-state index in [0.29, 0.717) is 0 Å². The van der Waals surface area contributed by atoms with Gasteiger partial charge in [-0.05, 0) is 0 Å². The molecule has 0 heterocycles. The predicted octanol–water partition coefficient (Wildman–Crippen LogP) is 2.65. The van der Waals surface area contributed by atoms with Crippen molar-refractivity contribution in [1.29, 1.82) is 0 Å². The van der Waals surface area contributed by atoms with E-state index in [2.05, 4.69) is 62.4 Å². The Balaban J connectivity index is 2.28. The molecule has 0 aliphatic rings. The first kappa shape index (κ1) is 11.8. The van der Waals surface area contributed by atoms with Gasteiger partial charge in [0.2, 0.25) is 0 Å². The van der Waals surface area contributed by atoms with Crippen molar-refractivity contribution in [3.8, 4) is 0 Å². The Hall–Kier alpha value is -0.712. The standard InChI is InChI=1S/C14H14AsCl/c1-11-3-7-13(8-4-11)15(16)14-9-5-12(2)6-10-14/h3-10H,1-2H3. The molecule has 0 saturated carbocycles. The van der Waals surface area contributed by atoms with Crippen LogP contribution in [0.2, 0.25) is 0 Å². The van der Waals surface area contributed by atoms with Crippen molar-refractivity contribution in [2.24, 2.45) is 0 Å². The molecule has 0 N–H and O–H groups in total. The van der Waals surface area contributed by atoms with Crippen LogP contribution in [0.25, 0.3) is 0 Å². The Morgan fingerprint density at radius 1 is 0.688 bits per heavy atom. The molecule has 0 nitrogen and oxygen atoms in total. The van der Waals surface area contributed by atoms with Crippen LogP contribution in [0.3, 0.4) is 0 Å². The monoisotopic (exact) mass is 292 g/mol. The summed E-state index contributed by atoms with van der Waals surface area (Å²) >= 11 is -1.56. The van der Waals surface area contributed by atoms with Crippen molar-refractivity contribution in [3.63, 3.8) is 0 Å². The van der Waals surface area contributed by atoms with Gasteiger partial charge in [-0.1, -0.05) is 0 Å². The minimum atomic E-state index is -1.56. The van der Waals surface area contributed by atoms with Crippen molar-refractivity contribution in [3.05, 3.63) is 59.7 Å². The fraction of sp³-hybridized carbons (Fsp3) is 0.143. The second-order valence-corrected chi connectivity index (χ2v) is 9.05. The molecule has 2 rings (SSSR count). The van der Waals surface area contributed by atoms with Crippen molar-refractivity contribution >= 4 is 32.4 Å². The summed E-state index contributed by atoms with van der Waals surface area (Å²) < 4.78 is 2.59. The summed E-state index contributed by atoms with van der Waals surface area (Å²) in [7, 11) is 6.58. The van der Waals surface area contributed by atoms with E-state index in [-0.39, 0.29) is 0 Å². The minimum absolute atomic E-state index is 1.28. The number of rotatable bonds is 2. The van der Waals surface area contributed by atoms with Gasteiger partial charge in [-0.15, -0.1) is 0 Å². The summed E-state index contributed by atoms with van der Waals surface area (Å²) in [6.07, 6.45) is 0. The summed E-state index contributed by atoms with van der Waals surface area (Å²) in [6.45, 7) is 4.20. The van der Waals surface area contributed by atoms with Crippen molar-refractivity contribution in [1.82, 2.24) is 0 Å². The van der Waals surface area contributed by atoms with E-state index >= 15 is 0 Å². The third kappa shape index (κ3) is 2.69. The normalized spacial score (nSPS) is 10.8. The Kier molecular flexibility index (Phi) is 3.73. The molecule has 0 aliphatic carbocycles. The van der Waals surface area contributed by atoms with Crippen LogP contribution in [-0.4, -0.2) is 13.7 Å². The van der Waals surface area contributed by atoms with Crippen molar-refractivity contribution in [2.45, 2.75) is 13.8 Å². The van der Waals surface area contributed by atoms with E-state index < -0.39 is 13.7 Å². The topological polar surface area (TPSA) is 0 Å². The summed E-state index contributed by atoms with van der Waals surface area (Å²) in [6, 6.07) is 17.2. The SMILES string of the molecule is Cc1ccc([As](Cl)c2ccc(C)cc2)cc1. The Labute approximate surface area is 106 Å². The first-order valence-electron chi connectivity index (χ1n) is 5.26. The molecule has 2 aromatic rings. The molecule has 0 amide bonds. The molecule has 0 aromatic heterocycles. The molecule has 2 aromatic carbocycles. The first-order valence-corrected chi connectivity index (χ1v) is 9.60. The fourth-order valence-electron chi connectivity index (χ4n) is 1.50. The van der Waals surface area contributed by atoms with Gasteiger partial charge in [-0.3, -0.25) is 0 Å². The number of aryl methyl sites for hydroxylation is 2. The van der Waals surface area contributed by atoms with Crippen LogP contribution in [0.1, 0.15) is 11.1 Å². The third-order valence-corrected chi connectivity index (χ3v) is 7.70. The second kappa shape index (κ2) is 5.08. The van der Waals surface area contributed by atoms with Gasteiger partial charge < -0.3 is 0 Å². The van der Waals surface area contributed by atoms with Crippen LogP contribution in [0.5, 0.6) is 0 Å². The first-order chi connectivity index (χ1) is 7.66. The molecule has 2 heteroatoms. The maximum atomic E-state index is 6.58. The van der Waals surface area contributed by atoms with Crippen molar-refractivity contribution < 1.29 is 0 Å². The number of benzene rings is 2. The molecule has 0 saturated heterocycles. The summed E-state index contributed by atoms with van der Waals surface area (Å²) in [5, 5.41) is 0. The van der Waals surface area contributed by atoms with Gasteiger partial charge in [0.15, 0.2) is 0 Å². The van der Waals surface area contributed by atoms with Crippen molar-refractivity contribution in [2.75, 3.05) is 0 Å². The third-order valence-electron chi connectivity index (χ3n) is 2.52. The van der Waals surface area contributed by atoms with E-state index in [9.17, 15) is 0 Å². The molecule has 0 atom stereocenters. The van der Waals surface area contributed by atoms with Gasteiger partial charge in [0, 0.05) is 0 Å². The van der Waals surface area contributed by atoms with Crippen LogP contribution in [0.4, 0.5) is 0 Å². The number of hydrogen-bond acceptors (Lipinski definition) is 0. The van der Waals surface area contributed by atoms with Crippen LogP contribution in [-0.2, 0) is 0 Å². The predicted molar refractivity (Wildman–Crippen MR) is 73.2 cm³/mol. The van der Waals surface area contributed by atoms with Gasteiger partial charge in [0.25, 0.3) is 0 Å².